The van der Waals surface area contributed by atoms with E-state index in [0.29, 0.717) is 18.6 Å². The number of hydrogen-bond donors (Lipinski definition) is 3. The first-order valence-corrected chi connectivity index (χ1v) is 11.1. The van der Waals surface area contributed by atoms with Crippen molar-refractivity contribution in [2.24, 2.45) is 5.92 Å². The first-order valence-electron chi connectivity index (χ1n) is 9.97. The molecule has 0 radical (unpaired) electrons. The first-order chi connectivity index (χ1) is 12.8. The zero-order valence-electron chi connectivity index (χ0n) is 15.7. The van der Waals surface area contributed by atoms with Gasteiger partial charge in [-0.15, -0.1) is 0 Å². The quantitative estimate of drug-likeness (QED) is 0.646. The van der Waals surface area contributed by atoms with Gasteiger partial charge in [0.15, 0.2) is 0 Å². The van der Waals surface area contributed by atoms with E-state index in [0.717, 1.165) is 38.0 Å². The molecule has 1 saturated heterocycles. The molecule has 1 aliphatic carbocycles. The van der Waals surface area contributed by atoms with Gasteiger partial charge in [0.2, 0.25) is 5.91 Å². The van der Waals surface area contributed by atoms with E-state index in [2.05, 4.69) is 39.5 Å². The van der Waals surface area contributed by atoms with Gasteiger partial charge in [-0.3, -0.25) is 9.89 Å². The summed E-state index contributed by atoms with van der Waals surface area (Å²) in [6.45, 7) is 3.42. The molecule has 3 atom stereocenters. The molecule has 3 N–H and O–H groups in total. The van der Waals surface area contributed by atoms with Crippen molar-refractivity contribution >= 4 is 17.7 Å². The molecule has 2 fully saturated rings. The minimum absolute atomic E-state index is 0.0414. The second-order valence-corrected chi connectivity index (χ2v) is 8.60. The fourth-order valence-electron chi connectivity index (χ4n) is 3.89. The van der Waals surface area contributed by atoms with E-state index >= 15 is 0 Å². The van der Waals surface area contributed by atoms with Crippen LogP contribution in [0.4, 0.5) is 0 Å². The largest absolute Gasteiger partial charge is 0.377 e. The summed E-state index contributed by atoms with van der Waals surface area (Å²) in [5.74, 6) is 2.68. The number of nitrogens with one attached hydrogen (secondary N) is 3. The van der Waals surface area contributed by atoms with E-state index in [4.69, 9.17) is 4.74 Å². The summed E-state index contributed by atoms with van der Waals surface area (Å²) < 4.78 is 6.15. The van der Waals surface area contributed by atoms with Crippen LogP contribution in [-0.4, -0.2) is 52.4 Å². The molecule has 7 heteroatoms. The number of carbonyl (C=O) groups is 1. The molecule has 146 valence electrons. The topological polar surface area (TPSA) is 79.0 Å². The molecule has 1 aromatic heterocycles. The average Bonchev–Trinajstić information content (AvgIpc) is 3.20. The highest BCUT2D eigenvalue weighted by atomic mass is 32.2. The van der Waals surface area contributed by atoms with Crippen LogP contribution in [0.15, 0.2) is 12.3 Å². The lowest BCUT2D eigenvalue weighted by Crippen LogP contribution is -2.52. The molecular formula is C19H32N4O2S. The zero-order valence-corrected chi connectivity index (χ0v) is 16.5. The molecule has 2 heterocycles. The number of ether oxygens (including phenoxy) is 1. The molecule has 6 nitrogen and oxygen atoms in total. The van der Waals surface area contributed by atoms with Crippen LogP contribution in [0.5, 0.6) is 0 Å². The van der Waals surface area contributed by atoms with E-state index < -0.39 is 0 Å². The Morgan fingerprint density at radius 3 is 2.92 bits per heavy atom. The van der Waals surface area contributed by atoms with Crippen molar-refractivity contribution in [3.63, 3.8) is 0 Å². The van der Waals surface area contributed by atoms with E-state index in [1.807, 2.05) is 6.07 Å². The van der Waals surface area contributed by atoms with Gasteiger partial charge in [-0.05, 0) is 56.1 Å². The Balaban J connectivity index is 1.51. The van der Waals surface area contributed by atoms with Crippen LogP contribution in [0.1, 0.15) is 51.1 Å². The fraction of sp³-hybridized carbons (Fsp3) is 0.789. The van der Waals surface area contributed by atoms with Crippen molar-refractivity contribution in [3.8, 4) is 0 Å². The summed E-state index contributed by atoms with van der Waals surface area (Å²) in [4.78, 5) is 12.6. The molecule has 0 aromatic carbocycles. The van der Waals surface area contributed by atoms with Crippen LogP contribution in [0.25, 0.3) is 0 Å². The Bertz CT molecular complexity index is 534. The lowest BCUT2D eigenvalue weighted by Gasteiger charge is -2.38. The van der Waals surface area contributed by atoms with Gasteiger partial charge in [-0.25, -0.2) is 0 Å². The van der Waals surface area contributed by atoms with Crippen molar-refractivity contribution in [1.82, 2.24) is 20.8 Å². The monoisotopic (exact) mass is 380 g/mol. The fourth-order valence-corrected chi connectivity index (χ4v) is 4.99. The Kier molecular flexibility index (Phi) is 7.83. The van der Waals surface area contributed by atoms with Crippen molar-refractivity contribution < 1.29 is 9.53 Å². The molecular weight excluding hydrogens is 348 g/mol. The number of aromatic amines is 1. The van der Waals surface area contributed by atoms with Crippen LogP contribution in [0.2, 0.25) is 0 Å². The number of nitrogens with zero attached hydrogens (tertiary/aromatic N) is 1. The molecule has 1 aliphatic heterocycles. The van der Waals surface area contributed by atoms with Gasteiger partial charge in [-0.1, -0.05) is 6.92 Å². The summed E-state index contributed by atoms with van der Waals surface area (Å²) in [6.07, 6.45) is 8.11. The third-order valence-corrected chi connectivity index (χ3v) is 6.43. The molecule has 1 amide bonds. The number of carbonyl (C=O) groups excluding carboxylic acids is 1. The van der Waals surface area contributed by atoms with Crippen LogP contribution >= 0.6 is 11.8 Å². The third kappa shape index (κ3) is 5.72. The van der Waals surface area contributed by atoms with Crippen LogP contribution < -0.4 is 10.6 Å². The van der Waals surface area contributed by atoms with Gasteiger partial charge >= 0.3 is 0 Å². The number of amides is 1. The highest BCUT2D eigenvalue weighted by molar-refractivity contribution is 7.99. The van der Waals surface area contributed by atoms with E-state index in [9.17, 15) is 4.79 Å². The highest BCUT2D eigenvalue weighted by Gasteiger charge is 2.35. The molecule has 26 heavy (non-hydrogen) atoms. The van der Waals surface area contributed by atoms with Crippen molar-refractivity contribution in [1.29, 1.82) is 0 Å². The number of thioether (sulfide) groups is 1. The summed E-state index contributed by atoms with van der Waals surface area (Å²) in [5, 5.41) is 13.7. The average molecular weight is 381 g/mol. The predicted octanol–water partition coefficient (Wildman–Crippen LogP) is 2.48. The highest BCUT2D eigenvalue weighted by Crippen LogP contribution is 2.29. The molecule has 0 spiro atoms. The van der Waals surface area contributed by atoms with Crippen LogP contribution in [0, 0.1) is 5.92 Å². The van der Waals surface area contributed by atoms with Gasteiger partial charge in [0.05, 0.1) is 18.3 Å². The number of hydrogen-bond acceptors (Lipinski definition) is 5. The third-order valence-electron chi connectivity index (χ3n) is 5.38. The minimum atomic E-state index is 0.0414. The molecule has 3 rings (SSSR count). The van der Waals surface area contributed by atoms with Crippen molar-refractivity contribution in [3.05, 3.63) is 18.0 Å². The summed E-state index contributed by atoms with van der Waals surface area (Å²) in [7, 11) is 0. The maximum absolute atomic E-state index is 12.6. The molecule has 1 aromatic rings. The maximum atomic E-state index is 12.6. The number of aromatic nitrogens is 2. The minimum Gasteiger partial charge on any atom is -0.377 e. The van der Waals surface area contributed by atoms with Gasteiger partial charge in [0, 0.05) is 30.8 Å². The lowest BCUT2D eigenvalue weighted by molar-refractivity contribution is -0.128. The summed E-state index contributed by atoms with van der Waals surface area (Å²) in [5.41, 5.74) is 0.933. The molecule has 2 aliphatic rings. The molecule has 0 bridgehead atoms. The van der Waals surface area contributed by atoms with E-state index in [1.54, 1.807) is 6.20 Å². The molecule has 1 saturated carbocycles. The second kappa shape index (κ2) is 10.3. The smallest absolute Gasteiger partial charge is 0.223 e. The van der Waals surface area contributed by atoms with Gasteiger partial charge in [0.25, 0.3) is 0 Å². The maximum Gasteiger partial charge on any atom is 0.223 e. The summed E-state index contributed by atoms with van der Waals surface area (Å²) >= 11 is 2.05. The standard InChI is InChI=1S/C19H32N4O2S/c1-2-9-25-18-12-14(19(24)20-13-16-5-8-21-23-16)3-4-17(18)22-15-6-10-26-11-7-15/h5,8,14-15,17-18,22H,2-4,6-7,9-13H2,1H3,(H,20,24)(H,21,23)/t14-,17+,18+/m0/s1. The Labute approximate surface area is 160 Å². The second-order valence-electron chi connectivity index (χ2n) is 7.38. The Hall–Kier alpha value is -1.05. The van der Waals surface area contributed by atoms with Gasteiger partial charge in [-0.2, -0.15) is 16.9 Å². The van der Waals surface area contributed by atoms with E-state index in [-0.39, 0.29) is 17.9 Å². The zero-order chi connectivity index (χ0) is 18.2. The van der Waals surface area contributed by atoms with Crippen LogP contribution in [-0.2, 0) is 16.1 Å². The Morgan fingerprint density at radius 2 is 2.19 bits per heavy atom. The molecule has 0 unspecified atom stereocenters. The lowest BCUT2D eigenvalue weighted by atomic mass is 9.82. The van der Waals surface area contributed by atoms with Gasteiger partial charge < -0.3 is 15.4 Å². The van der Waals surface area contributed by atoms with Gasteiger partial charge in [0.1, 0.15) is 0 Å². The van der Waals surface area contributed by atoms with Crippen LogP contribution in [0.3, 0.4) is 0 Å². The van der Waals surface area contributed by atoms with E-state index in [1.165, 1.54) is 24.3 Å². The SMILES string of the molecule is CCCO[C@@H]1C[C@@H](C(=O)NCc2ccn[nH]2)CC[C@H]1NC1CCSCC1. The van der Waals surface area contributed by atoms with Crippen molar-refractivity contribution in [2.75, 3.05) is 18.1 Å². The summed E-state index contributed by atoms with van der Waals surface area (Å²) in [6, 6.07) is 2.88. The predicted molar refractivity (Wildman–Crippen MR) is 105 cm³/mol. The first kappa shape index (κ1) is 19.7. The van der Waals surface area contributed by atoms with Crippen molar-refractivity contribution in [2.45, 2.75) is 70.2 Å². The number of rotatable bonds is 8. The number of H-pyrrole nitrogens is 1. The Morgan fingerprint density at radius 1 is 1.35 bits per heavy atom. The normalized spacial score (nSPS) is 27.3.